The van der Waals surface area contributed by atoms with E-state index in [-0.39, 0.29) is 0 Å². The van der Waals surface area contributed by atoms with Gasteiger partial charge >= 0.3 is 0 Å². The summed E-state index contributed by atoms with van der Waals surface area (Å²) < 4.78 is 4.72. The maximum atomic E-state index is 4.98. The van der Waals surface area contributed by atoms with Gasteiger partial charge in [-0.1, -0.05) is 91.0 Å². The highest BCUT2D eigenvalue weighted by molar-refractivity contribution is 6.15. The van der Waals surface area contributed by atoms with E-state index in [4.69, 9.17) is 15.0 Å². The van der Waals surface area contributed by atoms with E-state index < -0.39 is 0 Å². The Kier molecular flexibility index (Phi) is 7.42. The highest BCUT2D eigenvalue weighted by Crippen LogP contribution is 2.41. The van der Waals surface area contributed by atoms with E-state index in [1.165, 1.54) is 27.4 Å². The lowest BCUT2D eigenvalue weighted by Gasteiger charge is -2.14. The third-order valence-electron chi connectivity index (χ3n) is 10.8. The maximum Gasteiger partial charge on any atom is 0.145 e. The Labute approximate surface area is 323 Å². The van der Waals surface area contributed by atoms with Crippen LogP contribution in [0.4, 0.5) is 0 Å². The van der Waals surface area contributed by atoms with Gasteiger partial charge in [0.05, 0.1) is 27.9 Å². The molecule has 11 rings (SSSR count). The second-order valence-corrected chi connectivity index (χ2v) is 14.1. The zero-order valence-electron chi connectivity index (χ0n) is 30.3. The molecule has 0 atom stereocenters. The van der Waals surface area contributed by atoms with Crippen LogP contribution in [0.3, 0.4) is 0 Å². The minimum Gasteiger partial charge on any atom is -0.309 e. The summed E-state index contributed by atoms with van der Waals surface area (Å²) in [6, 6.07) is 64.6. The van der Waals surface area contributed by atoms with Crippen molar-refractivity contribution in [2.45, 2.75) is 0 Å². The average Bonchev–Trinajstić information content (AvgIpc) is 3.80. The quantitative estimate of drug-likeness (QED) is 0.172. The third kappa shape index (κ3) is 5.21. The van der Waals surface area contributed by atoms with E-state index in [1.54, 1.807) is 0 Å². The molecular formula is C51H33N5. The highest BCUT2D eigenvalue weighted by Gasteiger charge is 2.19. The van der Waals surface area contributed by atoms with E-state index in [0.29, 0.717) is 0 Å². The monoisotopic (exact) mass is 715 g/mol. The van der Waals surface area contributed by atoms with Crippen LogP contribution in [0.15, 0.2) is 201 Å². The van der Waals surface area contributed by atoms with Crippen molar-refractivity contribution in [3.05, 3.63) is 201 Å². The molecule has 0 amide bonds. The minimum absolute atomic E-state index is 0.920. The van der Waals surface area contributed by atoms with Crippen LogP contribution >= 0.6 is 0 Å². The molecule has 5 heterocycles. The second kappa shape index (κ2) is 13.0. The topological polar surface area (TPSA) is 48.5 Å². The molecule has 56 heavy (non-hydrogen) atoms. The molecule has 5 heteroatoms. The first-order valence-electron chi connectivity index (χ1n) is 18.8. The summed E-state index contributed by atoms with van der Waals surface area (Å²) in [6.07, 6.45) is 5.57. The fourth-order valence-corrected chi connectivity index (χ4v) is 8.35. The lowest BCUT2D eigenvalue weighted by atomic mass is 9.96. The van der Waals surface area contributed by atoms with Crippen molar-refractivity contribution < 1.29 is 0 Å². The van der Waals surface area contributed by atoms with E-state index in [0.717, 1.165) is 72.5 Å². The standard InChI is InChI=1S/C51H33N5/c1-2-14-39(15-3-1)55-48-23-5-4-17-42(48)44-19-11-18-41(50(44)55)35-24-25-43-45-20-12-28-54-51(45)56(49(43)33-35)40-16-10-13-34(32-40)36-29-37(46-21-6-8-26-52-46)31-38(30-36)47-22-7-9-27-53-47/h1-33H. The van der Waals surface area contributed by atoms with Crippen molar-refractivity contribution in [3.63, 3.8) is 0 Å². The molecule has 262 valence electrons. The normalized spacial score (nSPS) is 11.6. The first kappa shape index (κ1) is 31.9. The van der Waals surface area contributed by atoms with Crippen LogP contribution in [0.1, 0.15) is 0 Å². The number of aromatic nitrogens is 5. The molecule has 0 aliphatic rings. The predicted octanol–water partition coefficient (Wildman–Crippen LogP) is 12.7. The van der Waals surface area contributed by atoms with Crippen molar-refractivity contribution in [1.29, 1.82) is 0 Å². The summed E-state index contributed by atoms with van der Waals surface area (Å²) in [7, 11) is 0. The summed E-state index contributed by atoms with van der Waals surface area (Å²) in [5, 5.41) is 4.75. The SMILES string of the molecule is c1ccc(-n2c3ccccc3c3cccc(-c4ccc5c6cccnc6n(-c6cccc(-c7cc(-c8ccccn8)cc(-c8ccccn8)c7)c6)c5c4)c32)cc1. The molecule has 0 saturated carbocycles. The maximum absolute atomic E-state index is 4.98. The van der Waals surface area contributed by atoms with Gasteiger partial charge in [-0.3, -0.25) is 14.5 Å². The van der Waals surface area contributed by atoms with E-state index >= 15 is 0 Å². The van der Waals surface area contributed by atoms with Gasteiger partial charge in [0.1, 0.15) is 5.65 Å². The fraction of sp³-hybridized carbons (Fsp3) is 0. The van der Waals surface area contributed by atoms with Gasteiger partial charge in [0, 0.05) is 68.2 Å². The van der Waals surface area contributed by atoms with Crippen LogP contribution in [0.25, 0.3) is 99.9 Å². The largest absolute Gasteiger partial charge is 0.309 e. The molecule has 6 aromatic carbocycles. The molecule has 0 unspecified atom stereocenters. The first-order valence-corrected chi connectivity index (χ1v) is 18.8. The first-order chi connectivity index (χ1) is 27.8. The Balaban J connectivity index is 1.12. The fourth-order valence-electron chi connectivity index (χ4n) is 8.35. The molecule has 5 nitrogen and oxygen atoms in total. The van der Waals surface area contributed by atoms with Gasteiger partial charge in [-0.15, -0.1) is 0 Å². The zero-order chi connectivity index (χ0) is 37.0. The summed E-state index contributed by atoms with van der Waals surface area (Å²) in [4.78, 5) is 14.4. The van der Waals surface area contributed by atoms with Crippen LogP contribution in [-0.4, -0.2) is 24.1 Å². The molecule has 11 aromatic rings. The van der Waals surface area contributed by atoms with Crippen molar-refractivity contribution in [3.8, 4) is 56.1 Å². The predicted molar refractivity (Wildman–Crippen MR) is 230 cm³/mol. The van der Waals surface area contributed by atoms with Crippen LogP contribution < -0.4 is 0 Å². The Morgan fingerprint density at radius 1 is 0.321 bits per heavy atom. The van der Waals surface area contributed by atoms with Gasteiger partial charge in [-0.2, -0.15) is 0 Å². The van der Waals surface area contributed by atoms with Gasteiger partial charge in [-0.05, 0) is 108 Å². The van der Waals surface area contributed by atoms with Gasteiger partial charge in [0.25, 0.3) is 0 Å². The number of nitrogens with zero attached hydrogens (tertiary/aromatic N) is 5. The number of para-hydroxylation sites is 3. The number of hydrogen-bond acceptors (Lipinski definition) is 3. The average molecular weight is 716 g/mol. The van der Waals surface area contributed by atoms with E-state index in [2.05, 4.69) is 161 Å². The van der Waals surface area contributed by atoms with Gasteiger partial charge in [0.2, 0.25) is 0 Å². The van der Waals surface area contributed by atoms with Crippen LogP contribution in [-0.2, 0) is 0 Å². The van der Waals surface area contributed by atoms with Crippen molar-refractivity contribution in [1.82, 2.24) is 24.1 Å². The Hall–Kier alpha value is -7.63. The summed E-state index contributed by atoms with van der Waals surface area (Å²) in [5.74, 6) is 0. The third-order valence-corrected chi connectivity index (χ3v) is 10.8. The molecule has 0 radical (unpaired) electrons. The lowest BCUT2D eigenvalue weighted by molar-refractivity contribution is 1.14. The van der Waals surface area contributed by atoms with Crippen molar-refractivity contribution in [2.24, 2.45) is 0 Å². The number of benzene rings is 6. The molecule has 0 spiro atoms. The minimum atomic E-state index is 0.920. The molecule has 0 saturated heterocycles. The van der Waals surface area contributed by atoms with Crippen LogP contribution in [0.5, 0.6) is 0 Å². The molecule has 5 aromatic heterocycles. The molecule has 0 N–H and O–H groups in total. The van der Waals surface area contributed by atoms with Gasteiger partial charge in [0.15, 0.2) is 0 Å². The number of pyridine rings is 3. The smallest absolute Gasteiger partial charge is 0.145 e. The highest BCUT2D eigenvalue weighted by atomic mass is 15.0. The Morgan fingerprint density at radius 3 is 1.75 bits per heavy atom. The Morgan fingerprint density at radius 2 is 0.964 bits per heavy atom. The molecule has 0 bridgehead atoms. The van der Waals surface area contributed by atoms with Crippen molar-refractivity contribution >= 4 is 43.7 Å². The Bertz CT molecular complexity index is 3180. The summed E-state index contributed by atoms with van der Waals surface area (Å²) >= 11 is 0. The second-order valence-electron chi connectivity index (χ2n) is 14.1. The number of rotatable bonds is 6. The van der Waals surface area contributed by atoms with E-state index in [9.17, 15) is 0 Å². The molecular weight excluding hydrogens is 683 g/mol. The summed E-state index contributed by atoms with van der Waals surface area (Å²) in [5.41, 5.74) is 15.0. The van der Waals surface area contributed by atoms with Crippen LogP contribution in [0, 0.1) is 0 Å². The van der Waals surface area contributed by atoms with Crippen molar-refractivity contribution in [2.75, 3.05) is 0 Å². The number of fused-ring (bicyclic) bond motifs is 6. The van der Waals surface area contributed by atoms with Gasteiger partial charge in [-0.25, -0.2) is 4.98 Å². The molecule has 0 aliphatic heterocycles. The summed E-state index contributed by atoms with van der Waals surface area (Å²) in [6.45, 7) is 0. The van der Waals surface area contributed by atoms with E-state index in [1.807, 2.05) is 48.9 Å². The molecule has 0 fully saturated rings. The van der Waals surface area contributed by atoms with Gasteiger partial charge < -0.3 is 4.57 Å². The van der Waals surface area contributed by atoms with Crippen LogP contribution in [0.2, 0.25) is 0 Å². The number of hydrogen-bond donors (Lipinski definition) is 0. The molecule has 0 aliphatic carbocycles. The zero-order valence-corrected chi connectivity index (χ0v) is 30.3. The lowest BCUT2D eigenvalue weighted by Crippen LogP contribution is -1.97.